The van der Waals surface area contributed by atoms with E-state index in [4.69, 9.17) is 16.1 Å². The summed E-state index contributed by atoms with van der Waals surface area (Å²) in [5, 5.41) is 7.93. The first kappa shape index (κ1) is 23.4. The van der Waals surface area contributed by atoms with E-state index in [1.807, 2.05) is 55.5 Å². The predicted molar refractivity (Wildman–Crippen MR) is 129 cm³/mol. The van der Waals surface area contributed by atoms with E-state index in [1.165, 1.54) is 5.56 Å². The zero-order valence-corrected chi connectivity index (χ0v) is 20.0. The summed E-state index contributed by atoms with van der Waals surface area (Å²) in [5.41, 5.74) is 3.18. The number of rotatable bonds is 7. The van der Waals surface area contributed by atoms with Gasteiger partial charge in [0.2, 0.25) is 17.6 Å². The molecular weight excluding hydrogens is 438 g/mol. The van der Waals surface area contributed by atoms with Crippen molar-refractivity contribution in [3.8, 4) is 11.4 Å². The van der Waals surface area contributed by atoms with Crippen LogP contribution < -0.4 is 5.32 Å². The number of piperazine rings is 1. The maximum absolute atomic E-state index is 12.5. The van der Waals surface area contributed by atoms with E-state index in [9.17, 15) is 4.79 Å². The molecule has 3 aromatic rings. The highest BCUT2D eigenvalue weighted by molar-refractivity contribution is 6.30. The highest BCUT2D eigenvalue weighted by Gasteiger charge is 2.27. The smallest absolute Gasteiger partial charge is 0.244 e. The van der Waals surface area contributed by atoms with Crippen molar-refractivity contribution in [2.75, 3.05) is 32.7 Å². The molecule has 0 bridgehead atoms. The Hall–Kier alpha value is -2.74. The zero-order valence-electron chi connectivity index (χ0n) is 19.3. The second-order valence-corrected chi connectivity index (χ2v) is 9.09. The summed E-state index contributed by atoms with van der Waals surface area (Å²) in [6, 6.07) is 15.6. The SMILES string of the molecule is Cc1ccc(-c2noc(C(C)N3CCN(CC(=O)NC(C)c4ccc(Cl)cc4)CC3)n2)cc1. The summed E-state index contributed by atoms with van der Waals surface area (Å²) in [5.74, 6) is 1.26. The van der Waals surface area contributed by atoms with Gasteiger partial charge in [0.25, 0.3) is 0 Å². The quantitative estimate of drug-likeness (QED) is 0.559. The minimum atomic E-state index is -0.0590. The van der Waals surface area contributed by atoms with Gasteiger partial charge in [-0.2, -0.15) is 4.98 Å². The summed E-state index contributed by atoms with van der Waals surface area (Å²) in [7, 11) is 0. The van der Waals surface area contributed by atoms with Crippen LogP contribution in [0.25, 0.3) is 11.4 Å². The van der Waals surface area contributed by atoms with E-state index in [0.29, 0.717) is 23.3 Å². The number of hydrogen-bond acceptors (Lipinski definition) is 6. The Morgan fingerprint density at radius 1 is 1.06 bits per heavy atom. The predicted octanol–water partition coefficient (Wildman–Crippen LogP) is 4.25. The van der Waals surface area contributed by atoms with Gasteiger partial charge < -0.3 is 9.84 Å². The van der Waals surface area contributed by atoms with Gasteiger partial charge in [-0.3, -0.25) is 14.6 Å². The Balaban J connectivity index is 1.26. The largest absolute Gasteiger partial charge is 0.348 e. The van der Waals surface area contributed by atoms with Crippen molar-refractivity contribution in [3.63, 3.8) is 0 Å². The lowest BCUT2D eigenvalue weighted by Crippen LogP contribution is -2.50. The van der Waals surface area contributed by atoms with E-state index in [0.717, 1.165) is 37.3 Å². The molecule has 1 aliphatic heterocycles. The van der Waals surface area contributed by atoms with Crippen molar-refractivity contribution in [2.45, 2.75) is 32.9 Å². The van der Waals surface area contributed by atoms with E-state index in [2.05, 4.69) is 39.1 Å². The normalized spacial score (nSPS) is 17.0. The fraction of sp³-hybridized carbons (Fsp3) is 0.400. The lowest BCUT2D eigenvalue weighted by Gasteiger charge is -2.36. The number of hydrogen-bond donors (Lipinski definition) is 1. The first-order chi connectivity index (χ1) is 15.9. The molecule has 1 fully saturated rings. The molecule has 0 radical (unpaired) electrons. The van der Waals surface area contributed by atoms with Crippen molar-refractivity contribution in [1.29, 1.82) is 0 Å². The zero-order chi connectivity index (χ0) is 23.4. The second kappa shape index (κ2) is 10.5. The number of amides is 1. The summed E-state index contributed by atoms with van der Waals surface area (Å²) in [6.07, 6.45) is 0. The number of nitrogens with zero attached hydrogens (tertiary/aromatic N) is 4. The maximum Gasteiger partial charge on any atom is 0.244 e. The van der Waals surface area contributed by atoms with Crippen LogP contribution in [0.4, 0.5) is 0 Å². The van der Waals surface area contributed by atoms with Crippen molar-refractivity contribution in [2.24, 2.45) is 0 Å². The molecule has 1 N–H and O–H groups in total. The Bertz CT molecular complexity index is 1060. The molecule has 0 aliphatic carbocycles. The van der Waals surface area contributed by atoms with Crippen LogP contribution in [0.2, 0.25) is 5.02 Å². The Kier molecular flexibility index (Phi) is 7.42. The van der Waals surface area contributed by atoms with Crippen LogP contribution in [0.15, 0.2) is 53.1 Å². The van der Waals surface area contributed by atoms with Gasteiger partial charge in [0.15, 0.2) is 0 Å². The van der Waals surface area contributed by atoms with Gasteiger partial charge in [-0.25, -0.2) is 0 Å². The molecule has 2 unspecified atom stereocenters. The average molecular weight is 468 g/mol. The Morgan fingerprint density at radius 2 is 1.73 bits per heavy atom. The molecule has 2 atom stereocenters. The molecule has 0 spiro atoms. The van der Waals surface area contributed by atoms with Crippen LogP contribution in [0.3, 0.4) is 0 Å². The highest BCUT2D eigenvalue weighted by Crippen LogP contribution is 2.24. The molecular formula is C25H30ClN5O2. The monoisotopic (exact) mass is 467 g/mol. The fourth-order valence-electron chi connectivity index (χ4n) is 4.01. The molecule has 1 amide bonds. The summed E-state index contributed by atoms with van der Waals surface area (Å²) < 4.78 is 5.56. The van der Waals surface area contributed by atoms with E-state index in [1.54, 1.807) is 0 Å². The maximum atomic E-state index is 12.5. The minimum Gasteiger partial charge on any atom is -0.348 e. The van der Waals surface area contributed by atoms with Gasteiger partial charge in [0, 0.05) is 36.8 Å². The number of carbonyl (C=O) groups is 1. The van der Waals surface area contributed by atoms with Crippen LogP contribution in [0.5, 0.6) is 0 Å². The number of aromatic nitrogens is 2. The highest BCUT2D eigenvalue weighted by atomic mass is 35.5. The third-order valence-electron chi connectivity index (χ3n) is 6.18. The Morgan fingerprint density at radius 3 is 2.39 bits per heavy atom. The molecule has 1 saturated heterocycles. The van der Waals surface area contributed by atoms with E-state index >= 15 is 0 Å². The van der Waals surface area contributed by atoms with Crippen molar-refractivity contribution in [1.82, 2.24) is 25.3 Å². The van der Waals surface area contributed by atoms with E-state index < -0.39 is 0 Å². The van der Waals surface area contributed by atoms with Gasteiger partial charge in [0.05, 0.1) is 18.6 Å². The summed E-state index contributed by atoms with van der Waals surface area (Å²) >= 11 is 5.95. The lowest BCUT2D eigenvalue weighted by molar-refractivity contribution is -0.123. The van der Waals surface area contributed by atoms with Crippen LogP contribution in [0, 0.1) is 6.92 Å². The third-order valence-corrected chi connectivity index (χ3v) is 6.43. The van der Waals surface area contributed by atoms with Gasteiger partial charge >= 0.3 is 0 Å². The van der Waals surface area contributed by atoms with Gasteiger partial charge in [-0.15, -0.1) is 0 Å². The molecule has 8 heteroatoms. The van der Waals surface area contributed by atoms with Crippen LogP contribution in [0.1, 0.15) is 42.9 Å². The molecule has 2 heterocycles. The van der Waals surface area contributed by atoms with Crippen LogP contribution >= 0.6 is 11.6 Å². The van der Waals surface area contributed by atoms with Gasteiger partial charge in [-0.1, -0.05) is 58.7 Å². The third kappa shape index (κ3) is 5.99. The number of aryl methyl sites for hydroxylation is 1. The van der Waals surface area contributed by atoms with Crippen molar-refractivity contribution < 1.29 is 9.32 Å². The molecule has 4 rings (SSSR count). The van der Waals surface area contributed by atoms with Crippen LogP contribution in [-0.4, -0.2) is 58.6 Å². The summed E-state index contributed by atoms with van der Waals surface area (Å²) in [6.45, 7) is 9.80. The molecule has 7 nitrogen and oxygen atoms in total. The molecule has 174 valence electrons. The van der Waals surface area contributed by atoms with Crippen molar-refractivity contribution in [3.05, 3.63) is 70.6 Å². The fourth-order valence-corrected chi connectivity index (χ4v) is 4.14. The molecule has 2 aromatic carbocycles. The molecule has 1 aliphatic rings. The lowest BCUT2D eigenvalue weighted by atomic mass is 10.1. The number of benzene rings is 2. The molecule has 33 heavy (non-hydrogen) atoms. The number of nitrogens with one attached hydrogen (secondary N) is 1. The minimum absolute atomic E-state index is 0.0256. The number of carbonyl (C=O) groups excluding carboxylic acids is 1. The first-order valence-electron chi connectivity index (χ1n) is 11.3. The van der Waals surface area contributed by atoms with Gasteiger partial charge in [0.1, 0.15) is 0 Å². The second-order valence-electron chi connectivity index (χ2n) is 8.65. The molecule has 1 aromatic heterocycles. The Labute approximate surface area is 199 Å². The van der Waals surface area contributed by atoms with Crippen LogP contribution in [-0.2, 0) is 4.79 Å². The average Bonchev–Trinajstić information content (AvgIpc) is 3.30. The van der Waals surface area contributed by atoms with E-state index in [-0.39, 0.29) is 18.0 Å². The first-order valence-corrected chi connectivity index (χ1v) is 11.7. The van der Waals surface area contributed by atoms with Crippen molar-refractivity contribution >= 4 is 17.5 Å². The summed E-state index contributed by atoms with van der Waals surface area (Å²) in [4.78, 5) is 21.6. The topological polar surface area (TPSA) is 74.5 Å². The van der Waals surface area contributed by atoms with Gasteiger partial charge in [-0.05, 0) is 38.5 Å². The number of halogens is 1. The standard InChI is InChI=1S/C25H30ClN5O2/c1-17-4-6-21(7-5-17)24-28-25(33-29-24)19(3)31-14-12-30(13-15-31)16-23(32)27-18(2)20-8-10-22(26)11-9-20/h4-11,18-19H,12-16H2,1-3H3,(H,27,32). The molecule has 0 saturated carbocycles.